The molecule has 1 aromatic heterocycles. The number of fused-ring (bicyclic) bond motifs is 5. The van der Waals surface area contributed by atoms with Crippen LogP contribution >= 0.6 is 0 Å². The van der Waals surface area contributed by atoms with Crippen LogP contribution in [0, 0.1) is 52.3 Å². The fourth-order valence-electron chi connectivity index (χ4n) is 9.78. The molecule has 11 atom stereocenters. The molecule has 1 heterocycles. The van der Waals surface area contributed by atoms with Gasteiger partial charge in [0.25, 0.3) is 0 Å². The first-order valence-electron chi connectivity index (χ1n) is 13.4. The van der Waals surface area contributed by atoms with E-state index in [-0.39, 0.29) is 17.6 Å². The van der Waals surface area contributed by atoms with Crippen molar-refractivity contribution in [2.75, 3.05) is 0 Å². The van der Waals surface area contributed by atoms with E-state index < -0.39 is 0 Å². The van der Waals surface area contributed by atoms with Crippen molar-refractivity contribution in [2.45, 2.75) is 104 Å². The maximum atomic E-state index is 11.8. The van der Waals surface area contributed by atoms with E-state index in [2.05, 4.69) is 48.3 Å². The second-order valence-corrected chi connectivity index (χ2v) is 12.5. The molecule has 32 heavy (non-hydrogen) atoms. The number of aryl methyl sites for hydroxylation is 1. The number of aliphatic hydroxyl groups excluding tert-OH is 2. The van der Waals surface area contributed by atoms with Gasteiger partial charge < -0.3 is 10.2 Å². The van der Waals surface area contributed by atoms with Crippen molar-refractivity contribution in [3.8, 4) is 0 Å². The molecule has 0 aliphatic heterocycles. The third kappa shape index (κ3) is 3.38. The molecular weight excluding hydrogens is 400 g/mol. The van der Waals surface area contributed by atoms with E-state index in [9.17, 15) is 10.2 Å². The highest BCUT2D eigenvalue weighted by atomic mass is 16.3. The molecule has 4 aliphatic rings. The van der Waals surface area contributed by atoms with Crippen LogP contribution in [0.1, 0.15) is 91.3 Å². The van der Waals surface area contributed by atoms with Crippen molar-refractivity contribution < 1.29 is 10.2 Å². The quantitative estimate of drug-likeness (QED) is 0.626. The van der Waals surface area contributed by atoms with Gasteiger partial charge in [0, 0.05) is 6.42 Å². The molecule has 180 valence electrons. The topological polar surface area (TPSA) is 94.9 Å². The number of aromatic nitrogens is 4. The Morgan fingerprint density at radius 1 is 1.03 bits per heavy atom. The highest BCUT2D eigenvalue weighted by Gasteiger charge is 2.64. The lowest BCUT2D eigenvalue weighted by atomic mass is 9.41. The van der Waals surface area contributed by atoms with Crippen molar-refractivity contribution >= 4 is 0 Å². The molecule has 0 saturated heterocycles. The molecule has 0 spiro atoms. The zero-order valence-electron chi connectivity index (χ0n) is 20.5. The summed E-state index contributed by atoms with van der Waals surface area (Å²) < 4.78 is 0. The highest BCUT2D eigenvalue weighted by molar-refractivity contribution is 5.13. The summed E-state index contributed by atoms with van der Waals surface area (Å²) in [4.78, 5) is 0. The van der Waals surface area contributed by atoms with Gasteiger partial charge >= 0.3 is 0 Å². The lowest BCUT2D eigenvalue weighted by Crippen LogP contribution is -2.62. The molecule has 0 amide bonds. The average molecular weight is 445 g/mol. The van der Waals surface area contributed by atoms with Gasteiger partial charge in [0.15, 0.2) is 5.82 Å². The number of hydrogen-bond donors (Lipinski definition) is 3. The average Bonchev–Trinajstić information content (AvgIpc) is 3.41. The van der Waals surface area contributed by atoms with E-state index in [0.717, 1.165) is 44.3 Å². The zero-order valence-corrected chi connectivity index (χ0v) is 20.5. The molecule has 0 aromatic carbocycles. The molecular formula is C26H44N4O2. The Kier molecular flexibility index (Phi) is 5.93. The van der Waals surface area contributed by atoms with Gasteiger partial charge in [-0.25, -0.2) is 0 Å². The number of aliphatic hydroxyl groups is 2. The Balaban J connectivity index is 1.38. The van der Waals surface area contributed by atoms with E-state index in [0.29, 0.717) is 46.8 Å². The van der Waals surface area contributed by atoms with E-state index in [1.807, 2.05) is 0 Å². The minimum Gasteiger partial charge on any atom is -0.393 e. The van der Waals surface area contributed by atoms with Crippen LogP contribution in [-0.4, -0.2) is 43.0 Å². The summed E-state index contributed by atoms with van der Waals surface area (Å²) in [5.74, 6) is 4.67. The van der Waals surface area contributed by atoms with Crippen LogP contribution in [0.2, 0.25) is 0 Å². The largest absolute Gasteiger partial charge is 0.393 e. The number of nitrogens with zero attached hydrogens (tertiary/aromatic N) is 3. The van der Waals surface area contributed by atoms with Gasteiger partial charge in [0.2, 0.25) is 0 Å². The van der Waals surface area contributed by atoms with Crippen molar-refractivity contribution in [3.63, 3.8) is 0 Å². The predicted molar refractivity (Wildman–Crippen MR) is 123 cm³/mol. The molecule has 5 rings (SSSR count). The van der Waals surface area contributed by atoms with Crippen LogP contribution in [0.25, 0.3) is 0 Å². The summed E-state index contributed by atoms with van der Waals surface area (Å²) in [5, 5.41) is 36.9. The van der Waals surface area contributed by atoms with Gasteiger partial charge in [-0.1, -0.05) is 39.3 Å². The highest BCUT2D eigenvalue weighted by Crippen LogP contribution is 2.69. The van der Waals surface area contributed by atoms with Crippen LogP contribution < -0.4 is 0 Å². The number of tetrazole rings is 1. The Labute approximate surface area is 193 Å². The van der Waals surface area contributed by atoms with E-state index in [1.165, 1.54) is 25.7 Å². The molecule has 0 bridgehead atoms. The van der Waals surface area contributed by atoms with Gasteiger partial charge in [0.1, 0.15) is 0 Å². The zero-order chi connectivity index (χ0) is 22.7. The maximum absolute atomic E-state index is 11.8. The van der Waals surface area contributed by atoms with Crippen LogP contribution in [0.4, 0.5) is 0 Å². The van der Waals surface area contributed by atoms with Crippen molar-refractivity contribution in [2.24, 2.45) is 52.3 Å². The first-order valence-corrected chi connectivity index (χ1v) is 13.4. The number of nitrogens with one attached hydrogen (secondary N) is 1. The summed E-state index contributed by atoms with van der Waals surface area (Å²) in [6.07, 6.45) is 10.7. The Morgan fingerprint density at radius 2 is 1.78 bits per heavy atom. The van der Waals surface area contributed by atoms with Gasteiger partial charge in [-0.05, 0) is 104 Å². The number of H-pyrrole nitrogens is 1. The third-order valence-corrected chi connectivity index (χ3v) is 11.4. The van der Waals surface area contributed by atoms with E-state index >= 15 is 0 Å². The van der Waals surface area contributed by atoms with Crippen LogP contribution in [0.3, 0.4) is 0 Å². The summed E-state index contributed by atoms with van der Waals surface area (Å²) in [7, 11) is 0. The standard InChI is InChI=1S/C26H44N4O2/c1-5-17-21-14-16(31)10-12-26(21,4)20-11-13-25(3)18(7-8-19(25)23(20)24(17)32)15(2)6-9-22-27-29-30-28-22/h15-21,23-24,31-32H,5-14H2,1-4H3,(H,27,28,29,30). The first-order chi connectivity index (χ1) is 15.3. The van der Waals surface area contributed by atoms with E-state index in [1.54, 1.807) is 0 Å². The van der Waals surface area contributed by atoms with Gasteiger partial charge in [-0.15, -0.1) is 10.2 Å². The third-order valence-electron chi connectivity index (χ3n) is 11.4. The van der Waals surface area contributed by atoms with Crippen LogP contribution in [-0.2, 0) is 6.42 Å². The summed E-state index contributed by atoms with van der Waals surface area (Å²) in [6, 6.07) is 0. The Morgan fingerprint density at radius 3 is 2.50 bits per heavy atom. The second kappa shape index (κ2) is 8.33. The normalized spacial score (nSPS) is 49.2. The number of hydrogen-bond acceptors (Lipinski definition) is 5. The molecule has 6 heteroatoms. The lowest BCUT2D eigenvalue weighted by Gasteiger charge is -2.64. The number of rotatable bonds is 5. The van der Waals surface area contributed by atoms with E-state index in [4.69, 9.17) is 0 Å². The summed E-state index contributed by atoms with van der Waals surface area (Å²) >= 11 is 0. The maximum Gasteiger partial charge on any atom is 0.174 e. The van der Waals surface area contributed by atoms with Crippen LogP contribution in [0.5, 0.6) is 0 Å². The lowest BCUT2D eigenvalue weighted by molar-refractivity contribution is -0.203. The molecule has 4 aliphatic carbocycles. The molecule has 3 N–H and O–H groups in total. The molecule has 4 saturated carbocycles. The minimum atomic E-state index is -0.202. The smallest absolute Gasteiger partial charge is 0.174 e. The van der Waals surface area contributed by atoms with Gasteiger partial charge in [0.05, 0.1) is 12.2 Å². The van der Waals surface area contributed by atoms with Crippen molar-refractivity contribution in [1.29, 1.82) is 0 Å². The monoisotopic (exact) mass is 444 g/mol. The minimum absolute atomic E-state index is 0.171. The Hall–Kier alpha value is -1.01. The second-order valence-electron chi connectivity index (χ2n) is 12.5. The van der Waals surface area contributed by atoms with Crippen LogP contribution in [0.15, 0.2) is 0 Å². The van der Waals surface area contributed by atoms with Gasteiger partial charge in [-0.2, -0.15) is 5.21 Å². The van der Waals surface area contributed by atoms with Gasteiger partial charge in [-0.3, -0.25) is 0 Å². The van der Waals surface area contributed by atoms with Crippen molar-refractivity contribution in [3.05, 3.63) is 5.82 Å². The fourth-order valence-corrected chi connectivity index (χ4v) is 9.78. The predicted octanol–water partition coefficient (Wildman–Crippen LogP) is 4.40. The first kappa shape index (κ1) is 22.8. The summed E-state index contributed by atoms with van der Waals surface area (Å²) in [6.45, 7) is 9.77. The molecule has 1 aromatic rings. The summed E-state index contributed by atoms with van der Waals surface area (Å²) in [5.41, 5.74) is 0.613. The Bertz CT molecular complexity index is 787. The molecule has 6 nitrogen and oxygen atoms in total. The SMILES string of the molecule is CCC1C(O)C2C3CCC(C(C)CCc4nn[nH]n4)C3(C)CCC2C2(C)CCC(O)CC12. The number of aromatic amines is 1. The molecule has 11 unspecified atom stereocenters. The fraction of sp³-hybridized carbons (Fsp3) is 0.962. The molecule has 4 fully saturated rings. The molecule has 0 radical (unpaired) electrons. The van der Waals surface area contributed by atoms with Crippen molar-refractivity contribution in [1.82, 2.24) is 20.6 Å².